The van der Waals surface area contributed by atoms with E-state index in [0.717, 1.165) is 5.92 Å². The highest BCUT2D eigenvalue weighted by Crippen LogP contribution is 2.44. The molecule has 0 radical (unpaired) electrons. The van der Waals surface area contributed by atoms with Gasteiger partial charge in [-0.05, 0) is 59.2 Å². The van der Waals surface area contributed by atoms with Gasteiger partial charge in [0.15, 0.2) is 0 Å². The Morgan fingerprint density at radius 3 is 2.73 bits per heavy atom. The molecule has 0 spiro atoms. The van der Waals surface area contributed by atoms with Crippen molar-refractivity contribution in [2.24, 2.45) is 0 Å². The van der Waals surface area contributed by atoms with Gasteiger partial charge in [0.05, 0.1) is 0 Å². The molecule has 1 fully saturated rings. The minimum absolute atomic E-state index is 0.834. The van der Waals surface area contributed by atoms with E-state index in [-0.39, 0.29) is 0 Å². The highest BCUT2D eigenvalue weighted by molar-refractivity contribution is 7.08. The molecule has 0 unspecified atom stereocenters. The Bertz CT molecular complexity index is 464. The molecule has 0 saturated heterocycles. The van der Waals surface area contributed by atoms with Crippen LogP contribution in [0.1, 0.15) is 29.9 Å². The van der Waals surface area contributed by atoms with Gasteiger partial charge in [0.2, 0.25) is 0 Å². The normalized spacial score (nSPS) is 15.5. The summed E-state index contributed by atoms with van der Waals surface area (Å²) < 4.78 is 0. The van der Waals surface area contributed by atoms with E-state index in [0.29, 0.717) is 0 Å². The fraction of sp³-hybridized carbons (Fsp3) is 0.286. The fourth-order valence-electron chi connectivity index (χ4n) is 2.09. The van der Waals surface area contributed by atoms with Crippen molar-refractivity contribution in [1.82, 2.24) is 0 Å². The van der Waals surface area contributed by atoms with Gasteiger partial charge in [-0.25, -0.2) is 0 Å². The second-order valence-electron chi connectivity index (χ2n) is 4.38. The molecule has 1 aliphatic carbocycles. The van der Waals surface area contributed by atoms with Crippen LogP contribution in [-0.4, -0.2) is 0 Å². The lowest BCUT2D eigenvalue weighted by atomic mass is 9.97. The third-order valence-electron chi connectivity index (χ3n) is 3.06. The Hall–Kier alpha value is -1.08. The van der Waals surface area contributed by atoms with E-state index < -0.39 is 0 Å². The smallest absolute Gasteiger partial charge is 0.00146 e. The number of benzene rings is 1. The zero-order valence-electron chi connectivity index (χ0n) is 8.86. The van der Waals surface area contributed by atoms with Gasteiger partial charge in [0, 0.05) is 0 Å². The Kier molecular flexibility index (Phi) is 2.14. The van der Waals surface area contributed by atoms with Crippen molar-refractivity contribution in [1.29, 1.82) is 0 Å². The molecule has 0 amide bonds. The fourth-order valence-corrected chi connectivity index (χ4v) is 2.74. The van der Waals surface area contributed by atoms with Gasteiger partial charge in [-0.3, -0.25) is 0 Å². The van der Waals surface area contributed by atoms with E-state index >= 15 is 0 Å². The maximum Gasteiger partial charge on any atom is -0.00146 e. The highest BCUT2D eigenvalue weighted by atomic mass is 32.1. The summed E-state index contributed by atoms with van der Waals surface area (Å²) in [6, 6.07) is 9.12. The van der Waals surface area contributed by atoms with Gasteiger partial charge < -0.3 is 0 Å². The molecule has 1 aromatic heterocycles. The molecule has 0 aliphatic heterocycles. The molecule has 1 saturated carbocycles. The molecule has 1 heterocycles. The van der Waals surface area contributed by atoms with Crippen molar-refractivity contribution in [3.63, 3.8) is 0 Å². The average molecular weight is 214 g/mol. The minimum Gasteiger partial charge on any atom is -0.152 e. The van der Waals surface area contributed by atoms with Crippen LogP contribution in [0.3, 0.4) is 0 Å². The molecule has 3 rings (SSSR count). The largest absolute Gasteiger partial charge is 0.152 e. The SMILES string of the molecule is Cc1ccc(C2CC2)c(-c2ccsc2)c1. The van der Waals surface area contributed by atoms with Crippen molar-refractivity contribution < 1.29 is 0 Å². The van der Waals surface area contributed by atoms with E-state index in [1.165, 1.54) is 29.5 Å². The first kappa shape index (κ1) is 9.17. The second kappa shape index (κ2) is 3.49. The van der Waals surface area contributed by atoms with Gasteiger partial charge in [0.25, 0.3) is 0 Å². The van der Waals surface area contributed by atoms with Gasteiger partial charge in [0.1, 0.15) is 0 Å². The molecular weight excluding hydrogens is 200 g/mol. The Balaban J connectivity index is 2.14. The monoisotopic (exact) mass is 214 g/mol. The predicted molar refractivity (Wildman–Crippen MR) is 66.5 cm³/mol. The summed E-state index contributed by atoms with van der Waals surface area (Å²) in [6.45, 7) is 2.17. The third-order valence-corrected chi connectivity index (χ3v) is 3.74. The van der Waals surface area contributed by atoms with Crippen molar-refractivity contribution in [3.05, 3.63) is 46.2 Å². The average Bonchev–Trinajstić information content (AvgIpc) is 2.94. The summed E-state index contributed by atoms with van der Waals surface area (Å²) in [5.41, 5.74) is 5.77. The molecule has 2 aromatic rings. The van der Waals surface area contributed by atoms with E-state index in [2.05, 4.69) is 41.9 Å². The van der Waals surface area contributed by atoms with Crippen LogP contribution in [-0.2, 0) is 0 Å². The number of rotatable bonds is 2. The lowest BCUT2D eigenvalue weighted by Crippen LogP contribution is -1.87. The van der Waals surface area contributed by atoms with E-state index in [4.69, 9.17) is 0 Å². The van der Waals surface area contributed by atoms with Crippen LogP contribution in [0, 0.1) is 6.92 Å². The number of hydrogen-bond acceptors (Lipinski definition) is 1. The van der Waals surface area contributed by atoms with E-state index in [1.807, 2.05) is 0 Å². The number of thiophene rings is 1. The van der Waals surface area contributed by atoms with E-state index in [9.17, 15) is 0 Å². The lowest BCUT2D eigenvalue weighted by molar-refractivity contribution is 1.13. The van der Waals surface area contributed by atoms with Crippen LogP contribution in [0.4, 0.5) is 0 Å². The first-order valence-corrected chi connectivity index (χ1v) is 6.42. The maximum absolute atomic E-state index is 2.33. The molecule has 1 aromatic carbocycles. The standard InChI is InChI=1S/C14H14S/c1-10-2-5-13(11-3-4-11)14(8-10)12-6-7-15-9-12/h2,5-9,11H,3-4H2,1H3. The number of hydrogen-bond donors (Lipinski definition) is 0. The van der Waals surface area contributed by atoms with Crippen LogP contribution < -0.4 is 0 Å². The topological polar surface area (TPSA) is 0 Å². The summed E-state index contributed by atoms with van der Waals surface area (Å²) in [6.07, 6.45) is 2.75. The highest BCUT2D eigenvalue weighted by Gasteiger charge is 2.26. The molecule has 76 valence electrons. The van der Waals surface area contributed by atoms with Gasteiger partial charge >= 0.3 is 0 Å². The van der Waals surface area contributed by atoms with Crippen LogP contribution in [0.5, 0.6) is 0 Å². The van der Waals surface area contributed by atoms with Gasteiger partial charge in [-0.2, -0.15) is 11.3 Å². The number of aryl methyl sites for hydroxylation is 1. The maximum atomic E-state index is 2.33. The van der Waals surface area contributed by atoms with Gasteiger partial charge in [-0.15, -0.1) is 0 Å². The van der Waals surface area contributed by atoms with Gasteiger partial charge in [-0.1, -0.05) is 23.8 Å². The first-order valence-electron chi connectivity index (χ1n) is 5.48. The van der Waals surface area contributed by atoms with Crippen LogP contribution in [0.15, 0.2) is 35.0 Å². The third kappa shape index (κ3) is 1.72. The molecule has 0 atom stereocenters. The van der Waals surface area contributed by atoms with Crippen LogP contribution in [0.2, 0.25) is 0 Å². The van der Waals surface area contributed by atoms with E-state index in [1.54, 1.807) is 16.9 Å². The zero-order chi connectivity index (χ0) is 10.3. The molecule has 0 bridgehead atoms. The summed E-state index contributed by atoms with van der Waals surface area (Å²) in [7, 11) is 0. The Morgan fingerprint density at radius 2 is 2.07 bits per heavy atom. The molecule has 0 nitrogen and oxygen atoms in total. The molecule has 0 N–H and O–H groups in total. The van der Waals surface area contributed by atoms with Crippen molar-refractivity contribution in [2.45, 2.75) is 25.7 Å². The molecular formula is C14H14S. The minimum atomic E-state index is 0.834. The zero-order valence-corrected chi connectivity index (χ0v) is 9.68. The molecule has 1 aliphatic rings. The Labute approximate surface area is 94.6 Å². The second-order valence-corrected chi connectivity index (χ2v) is 5.16. The first-order chi connectivity index (χ1) is 7.34. The lowest BCUT2D eigenvalue weighted by Gasteiger charge is -2.08. The Morgan fingerprint density at radius 1 is 1.20 bits per heavy atom. The predicted octanol–water partition coefficient (Wildman–Crippen LogP) is 4.60. The summed E-state index contributed by atoms with van der Waals surface area (Å²) in [4.78, 5) is 0. The van der Waals surface area contributed by atoms with Crippen molar-refractivity contribution in [2.75, 3.05) is 0 Å². The van der Waals surface area contributed by atoms with Crippen molar-refractivity contribution >= 4 is 11.3 Å². The molecule has 15 heavy (non-hydrogen) atoms. The quantitative estimate of drug-likeness (QED) is 0.685. The summed E-state index contributed by atoms with van der Waals surface area (Å²) in [5, 5.41) is 4.41. The summed E-state index contributed by atoms with van der Waals surface area (Å²) >= 11 is 1.78. The summed E-state index contributed by atoms with van der Waals surface area (Å²) in [5.74, 6) is 0.834. The van der Waals surface area contributed by atoms with Crippen LogP contribution in [0.25, 0.3) is 11.1 Å². The van der Waals surface area contributed by atoms with Crippen LogP contribution >= 0.6 is 11.3 Å². The van der Waals surface area contributed by atoms with Crippen molar-refractivity contribution in [3.8, 4) is 11.1 Å². The molecule has 1 heteroatoms.